The van der Waals surface area contributed by atoms with Crippen LogP contribution < -0.4 is 5.73 Å². The van der Waals surface area contributed by atoms with Crippen LogP contribution in [0.5, 0.6) is 0 Å². The number of hydrogen-bond donors (Lipinski definition) is 1. The van der Waals surface area contributed by atoms with Gasteiger partial charge in [-0.3, -0.25) is 4.79 Å². The van der Waals surface area contributed by atoms with E-state index in [-0.39, 0.29) is 12.3 Å². The zero-order valence-electron chi connectivity index (χ0n) is 13.1. The zero-order valence-corrected chi connectivity index (χ0v) is 13.8. The summed E-state index contributed by atoms with van der Waals surface area (Å²) in [5.41, 5.74) is 6.14. The first kappa shape index (κ1) is 16.0. The molecular formula is C16H20ClN5O. The number of carbonyl (C=O) groups is 1. The number of amides is 1. The number of nitrogens with zero attached hydrogens (tertiary/aromatic N) is 4. The maximum absolute atomic E-state index is 11.2. The number of halogens is 1. The average Bonchev–Trinajstić information content (AvgIpc) is 2.90. The zero-order chi connectivity index (χ0) is 16.4. The van der Waals surface area contributed by atoms with E-state index in [9.17, 15) is 4.79 Å². The normalized spacial score (nSPS) is 19.0. The molecule has 1 aromatic carbocycles. The second-order valence-corrected chi connectivity index (χ2v) is 6.46. The Balaban J connectivity index is 2.01. The highest BCUT2D eigenvalue weighted by molar-refractivity contribution is 6.30. The summed E-state index contributed by atoms with van der Waals surface area (Å²) in [5.74, 6) is 1.18. The number of piperidine rings is 1. The van der Waals surface area contributed by atoms with Gasteiger partial charge in [0.1, 0.15) is 5.82 Å². The first-order valence-corrected chi connectivity index (χ1v) is 8.09. The number of primary amides is 1. The summed E-state index contributed by atoms with van der Waals surface area (Å²) in [6.07, 6.45) is 2.22. The van der Waals surface area contributed by atoms with Crippen LogP contribution in [0.3, 0.4) is 0 Å². The van der Waals surface area contributed by atoms with Gasteiger partial charge in [0.25, 0.3) is 0 Å². The molecule has 2 N–H and O–H groups in total. The van der Waals surface area contributed by atoms with Crippen LogP contribution in [-0.4, -0.2) is 45.7 Å². The van der Waals surface area contributed by atoms with Crippen molar-refractivity contribution in [2.24, 2.45) is 5.73 Å². The van der Waals surface area contributed by atoms with Gasteiger partial charge < -0.3 is 10.6 Å². The molecule has 2 aromatic rings. The van der Waals surface area contributed by atoms with Crippen LogP contribution >= 0.6 is 11.6 Å². The van der Waals surface area contributed by atoms with Gasteiger partial charge >= 0.3 is 0 Å². The third-order valence-electron chi connectivity index (χ3n) is 4.05. The SMILES string of the molecule is CN1CCC[C@@H](c2nc(CC(N)=O)nn2-c2cccc(Cl)c2)C1. The second-order valence-electron chi connectivity index (χ2n) is 6.02. The third kappa shape index (κ3) is 3.71. The van der Waals surface area contributed by atoms with Crippen molar-refractivity contribution in [1.29, 1.82) is 0 Å². The number of benzene rings is 1. The number of likely N-dealkylation sites (N-methyl/N-ethyl adjacent to an activating group) is 1. The summed E-state index contributed by atoms with van der Waals surface area (Å²) >= 11 is 6.10. The molecule has 2 heterocycles. The summed E-state index contributed by atoms with van der Waals surface area (Å²) in [6, 6.07) is 7.48. The molecule has 1 amide bonds. The molecule has 0 saturated carbocycles. The molecular weight excluding hydrogens is 314 g/mol. The van der Waals surface area contributed by atoms with Gasteiger partial charge in [0.15, 0.2) is 5.82 Å². The predicted molar refractivity (Wildman–Crippen MR) is 88.7 cm³/mol. The van der Waals surface area contributed by atoms with E-state index in [1.54, 1.807) is 4.68 Å². The van der Waals surface area contributed by atoms with Gasteiger partial charge in [-0.05, 0) is 44.6 Å². The summed E-state index contributed by atoms with van der Waals surface area (Å²) < 4.78 is 1.80. The van der Waals surface area contributed by atoms with Crippen LogP contribution in [0, 0.1) is 0 Å². The minimum atomic E-state index is -0.430. The summed E-state index contributed by atoms with van der Waals surface area (Å²) in [6.45, 7) is 2.02. The third-order valence-corrected chi connectivity index (χ3v) is 4.29. The number of likely N-dealkylation sites (tertiary alicyclic amines) is 1. The number of nitrogens with two attached hydrogens (primary N) is 1. The molecule has 0 aliphatic carbocycles. The predicted octanol–water partition coefficient (Wildman–Crippen LogP) is 1.76. The molecule has 1 fully saturated rings. The van der Waals surface area contributed by atoms with Gasteiger partial charge in [0, 0.05) is 17.5 Å². The summed E-state index contributed by atoms with van der Waals surface area (Å²) in [4.78, 5) is 18.1. The lowest BCUT2D eigenvalue weighted by atomic mass is 9.97. The molecule has 122 valence electrons. The van der Waals surface area contributed by atoms with E-state index in [0.29, 0.717) is 10.8 Å². The standard InChI is InChI=1S/C16H20ClN5O/c1-21-7-3-4-11(10-21)16-19-15(9-14(18)23)20-22(16)13-6-2-5-12(17)8-13/h2,5-6,8,11H,3-4,7,9-10H2,1H3,(H2,18,23)/t11-/m1/s1. The lowest BCUT2D eigenvalue weighted by molar-refractivity contribution is -0.117. The monoisotopic (exact) mass is 333 g/mol. The fourth-order valence-electron chi connectivity index (χ4n) is 3.04. The lowest BCUT2D eigenvalue weighted by Gasteiger charge is -2.29. The summed E-state index contributed by atoms with van der Waals surface area (Å²) in [5, 5.41) is 5.13. The van der Waals surface area contributed by atoms with Crippen molar-refractivity contribution >= 4 is 17.5 Å². The average molecular weight is 334 g/mol. The Hall–Kier alpha value is -1.92. The fourth-order valence-corrected chi connectivity index (χ4v) is 3.22. The van der Waals surface area contributed by atoms with Crippen molar-refractivity contribution in [2.45, 2.75) is 25.2 Å². The van der Waals surface area contributed by atoms with Crippen molar-refractivity contribution in [2.75, 3.05) is 20.1 Å². The van der Waals surface area contributed by atoms with Crippen molar-refractivity contribution in [1.82, 2.24) is 19.7 Å². The molecule has 1 aliphatic heterocycles. The number of aromatic nitrogens is 3. The summed E-state index contributed by atoms with van der Waals surface area (Å²) in [7, 11) is 2.11. The quantitative estimate of drug-likeness (QED) is 0.924. The van der Waals surface area contributed by atoms with Gasteiger partial charge in [0.05, 0.1) is 12.1 Å². The molecule has 1 atom stereocenters. The van der Waals surface area contributed by atoms with Crippen LogP contribution in [0.15, 0.2) is 24.3 Å². The van der Waals surface area contributed by atoms with Crippen molar-refractivity contribution < 1.29 is 4.79 Å². The van der Waals surface area contributed by atoms with E-state index in [4.69, 9.17) is 17.3 Å². The first-order valence-electron chi connectivity index (χ1n) is 7.71. The van der Waals surface area contributed by atoms with Crippen LogP contribution in [0.4, 0.5) is 0 Å². The Morgan fingerprint density at radius 3 is 3.00 bits per heavy atom. The Kier molecular flexibility index (Phi) is 4.63. The van der Waals surface area contributed by atoms with Gasteiger partial charge in [-0.15, -0.1) is 0 Å². The Labute approximate surface area is 140 Å². The molecule has 1 aromatic heterocycles. The van der Waals surface area contributed by atoms with Crippen molar-refractivity contribution in [3.8, 4) is 5.69 Å². The molecule has 3 rings (SSSR count). The molecule has 0 spiro atoms. The highest BCUT2D eigenvalue weighted by Crippen LogP contribution is 2.27. The molecule has 0 radical (unpaired) electrons. The molecule has 23 heavy (non-hydrogen) atoms. The van der Waals surface area contributed by atoms with E-state index >= 15 is 0 Å². The van der Waals surface area contributed by atoms with Crippen LogP contribution in [-0.2, 0) is 11.2 Å². The topological polar surface area (TPSA) is 77.0 Å². The highest BCUT2D eigenvalue weighted by atomic mass is 35.5. The van der Waals surface area contributed by atoms with Crippen molar-refractivity contribution in [3.63, 3.8) is 0 Å². The molecule has 1 saturated heterocycles. The fraction of sp³-hybridized carbons (Fsp3) is 0.438. The van der Waals surface area contributed by atoms with E-state index in [1.165, 1.54) is 0 Å². The molecule has 7 heteroatoms. The second kappa shape index (κ2) is 6.68. The van der Waals surface area contributed by atoms with Crippen LogP contribution in [0.2, 0.25) is 5.02 Å². The number of carbonyl (C=O) groups excluding carboxylic acids is 1. The maximum atomic E-state index is 11.2. The molecule has 1 aliphatic rings. The molecule has 6 nitrogen and oxygen atoms in total. The largest absolute Gasteiger partial charge is 0.369 e. The van der Waals surface area contributed by atoms with E-state index in [1.807, 2.05) is 24.3 Å². The van der Waals surface area contributed by atoms with Gasteiger partial charge in [-0.1, -0.05) is 17.7 Å². The molecule has 0 unspecified atom stereocenters. The van der Waals surface area contributed by atoms with Gasteiger partial charge in [-0.2, -0.15) is 5.10 Å². The Morgan fingerprint density at radius 2 is 2.30 bits per heavy atom. The van der Waals surface area contributed by atoms with E-state index in [2.05, 4.69) is 22.0 Å². The van der Waals surface area contributed by atoms with Crippen LogP contribution in [0.1, 0.15) is 30.4 Å². The lowest BCUT2D eigenvalue weighted by Crippen LogP contribution is -2.32. The molecule has 0 bridgehead atoms. The Morgan fingerprint density at radius 1 is 1.48 bits per heavy atom. The number of hydrogen-bond acceptors (Lipinski definition) is 4. The van der Waals surface area contributed by atoms with E-state index < -0.39 is 5.91 Å². The highest BCUT2D eigenvalue weighted by Gasteiger charge is 2.25. The first-order chi connectivity index (χ1) is 11.0. The van der Waals surface area contributed by atoms with Crippen molar-refractivity contribution in [3.05, 3.63) is 40.9 Å². The Bertz CT molecular complexity index is 714. The smallest absolute Gasteiger partial charge is 0.225 e. The minimum Gasteiger partial charge on any atom is -0.369 e. The van der Waals surface area contributed by atoms with Gasteiger partial charge in [-0.25, -0.2) is 9.67 Å². The minimum absolute atomic E-state index is 0.0448. The number of rotatable bonds is 4. The maximum Gasteiger partial charge on any atom is 0.225 e. The van der Waals surface area contributed by atoms with E-state index in [0.717, 1.165) is 37.4 Å². The van der Waals surface area contributed by atoms with Gasteiger partial charge in [0.2, 0.25) is 5.91 Å². The van der Waals surface area contributed by atoms with Crippen LogP contribution in [0.25, 0.3) is 5.69 Å².